The highest BCUT2D eigenvalue weighted by Gasteiger charge is 2.16. The third kappa shape index (κ3) is 2.40. The van der Waals surface area contributed by atoms with Gasteiger partial charge < -0.3 is 10.8 Å². The van der Waals surface area contributed by atoms with Crippen molar-refractivity contribution in [2.45, 2.75) is 10.1 Å². The molecule has 6 nitrogen and oxygen atoms in total. The fourth-order valence-electron chi connectivity index (χ4n) is 1.81. The summed E-state index contributed by atoms with van der Waals surface area (Å²) >= 11 is 1.12. The number of pyridine rings is 1. The molecule has 0 unspecified atom stereocenters. The van der Waals surface area contributed by atoms with Gasteiger partial charge in [-0.2, -0.15) is 0 Å². The number of hydrogen-bond donors (Lipinski definition) is 2. The van der Waals surface area contributed by atoms with Crippen LogP contribution in [-0.4, -0.2) is 25.7 Å². The largest absolute Gasteiger partial charge is 0.478 e. The molecule has 0 bridgehead atoms. The van der Waals surface area contributed by atoms with Crippen molar-refractivity contribution in [2.24, 2.45) is 0 Å². The van der Waals surface area contributed by atoms with Gasteiger partial charge in [0.1, 0.15) is 5.82 Å². The minimum atomic E-state index is -1.36. The summed E-state index contributed by atoms with van der Waals surface area (Å²) in [7, 11) is 0. The van der Waals surface area contributed by atoms with Crippen molar-refractivity contribution in [1.82, 2.24) is 14.6 Å². The fourth-order valence-corrected chi connectivity index (χ4v) is 2.68. The van der Waals surface area contributed by atoms with Crippen LogP contribution in [0.1, 0.15) is 10.4 Å². The average molecular weight is 304 g/mol. The molecule has 0 aliphatic rings. The van der Waals surface area contributed by atoms with Gasteiger partial charge in [0, 0.05) is 16.8 Å². The number of carboxylic acids is 1. The Bertz CT molecular complexity index is 849. The molecule has 2 aromatic heterocycles. The fraction of sp³-hybridized carbons (Fsp3) is 0. The first-order valence-electron chi connectivity index (χ1n) is 5.86. The van der Waals surface area contributed by atoms with Gasteiger partial charge in [-0.3, -0.25) is 4.40 Å². The van der Waals surface area contributed by atoms with Crippen molar-refractivity contribution in [1.29, 1.82) is 0 Å². The molecule has 0 fully saturated rings. The van der Waals surface area contributed by atoms with Crippen LogP contribution in [0.5, 0.6) is 0 Å². The third-order valence-electron chi connectivity index (χ3n) is 2.81. The molecule has 2 heterocycles. The van der Waals surface area contributed by atoms with Gasteiger partial charge in [0.25, 0.3) is 0 Å². The molecule has 3 rings (SSSR count). The molecule has 0 aliphatic heterocycles. The number of benzene rings is 1. The number of hydrogen-bond acceptors (Lipinski definition) is 5. The first-order valence-corrected chi connectivity index (χ1v) is 6.68. The first-order chi connectivity index (χ1) is 10.1. The third-order valence-corrected chi connectivity index (χ3v) is 3.85. The number of aromatic carboxylic acids is 1. The summed E-state index contributed by atoms with van der Waals surface area (Å²) in [5, 5.41) is 17.3. The lowest BCUT2D eigenvalue weighted by Gasteiger charge is -2.06. The maximum absolute atomic E-state index is 13.7. The molecule has 0 atom stereocenters. The SMILES string of the molecule is Nc1cc(C(=O)O)c(F)cc1Sc1nnc2ccccn12. The quantitative estimate of drug-likeness (QED) is 0.721. The smallest absolute Gasteiger partial charge is 0.338 e. The van der Waals surface area contributed by atoms with Gasteiger partial charge >= 0.3 is 5.97 Å². The maximum Gasteiger partial charge on any atom is 0.338 e. The first kappa shape index (κ1) is 13.4. The van der Waals surface area contributed by atoms with E-state index in [1.54, 1.807) is 16.7 Å². The molecule has 106 valence electrons. The highest BCUT2D eigenvalue weighted by molar-refractivity contribution is 7.99. The Morgan fingerprint density at radius 1 is 1.33 bits per heavy atom. The van der Waals surface area contributed by atoms with Crippen LogP contribution in [0.2, 0.25) is 0 Å². The lowest BCUT2D eigenvalue weighted by atomic mass is 10.2. The number of carboxylic acid groups (broad SMARTS) is 1. The number of aromatic nitrogens is 3. The molecule has 0 aliphatic carbocycles. The van der Waals surface area contributed by atoms with Crippen molar-refractivity contribution >= 4 is 29.1 Å². The van der Waals surface area contributed by atoms with E-state index in [4.69, 9.17) is 10.8 Å². The predicted molar refractivity (Wildman–Crippen MR) is 74.9 cm³/mol. The van der Waals surface area contributed by atoms with Crippen LogP contribution in [0.15, 0.2) is 46.6 Å². The van der Waals surface area contributed by atoms with Crippen LogP contribution in [0.3, 0.4) is 0 Å². The minimum absolute atomic E-state index is 0.173. The van der Waals surface area contributed by atoms with E-state index in [1.165, 1.54) is 0 Å². The Balaban J connectivity index is 2.02. The second-order valence-corrected chi connectivity index (χ2v) is 5.20. The summed E-state index contributed by atoms with van der Waals surface area (Å²) in [6.45, 7) is 0. The van der Waals surface area contributed by atoms with Gasteiger partial charge in [0.15, 0.2) is 5.65 Å². The molecule has 0 amide bonds. The zero-order chi connectivity index (χ0) is 15.0. The topological polar surface area (TPSA) is 93.5 Å². The number of anilines is 1. The minimum Gasteiger partial charge on any atom is -0.478 e. The van der Waals surface area contributed by atoms with Crippen LogP contribution in [0.25, 0.3) is 5.65 Å². The molecule has 3 aromatic rings. The number of fused-ring (bicyclic) bond motifs is 1. The second kappa shape index (κ2) is 5.06. The van der Waals surface area contributed by atoms with Gasteiger partial charge in [0.2, 0.25) is 5.16 Å². The van der Waals surface area contributed by atoms with Gasteiger partial charge in [-0.05, 0) is 36.0 Å². The molecule has 21 heavy (non-hydrogen) atoms. The van der Waals surface area contributed by atoms with E-state index in [9.17, 15) is 9.18 Å². The number of halogens is 1. The lowest BCUT2D eigenvalue weighted by Crippen LogP contribution is -2.03. The van der Waals surface area contributed by atoms with Gasteiger partial charge in [0.05, 0.1) is 5.56 Å². The highest BCUT2D eigenvalue weighted by Crippen LogP contribution is 2.32. The molecule has 0 spiro atoms. The summed E-state index contributed by atoms with van der Waals surface area (Å²) in [5.41, 5.74) is 6.15. The van der Waals surface area contributed by atoms with Gasteiger partial charge in [-0.25, -0.2) is 9.18 Å². The predicted octanol–water partition coefficient (Wildman–Crippen LogP) is 2.30. The van der Waals surface area contributed by atoms with Crippen LogP contribution in [0, 0.1) is 5.82 Å². The van der Waals surface area contributed by atoms with Crippen molar-refractivity contribution in [3.05, 3.63) is 47.9 Å². The van der Waals surface area contributed by atoms with E-state index in [1.807, 2.05) is 12.1 Å². The second-order valence-electron chi connectivity index (χ2n) is 4.19. The zero-order valence-electron chi connectivity index (χ0n) is 10.5. The van der Waals surface area contributed by atoms with E-state index in [2.05, 4.69) is 10.2 Å². The average Bonchev–Trinajstić information content (AvgIpc) is 2.85. The highest BCUT2D eigenvalue weighted by atomic mass is 32.2. The van der Waals surface area contributed by atoms with Crippen LogP contribution < -0.4 is 5.73 Å². The molecule has 0 radical (unpaired) electrons. The summed E-state index contributed by atoms with van der Waals surface area (Å²) < 4.78 is 15.5. The molecule has 0 saturated heterocycles. The number of nitrogen functional groups attached to an aromatic ring is 1. The molecule has 0 saturated carbocycles. The van der Waals surface area contributed by atoms with Crippen molar-refractivity contribution in [3.8, 4) is 0 Å². The zero-order valence-corrected chi connectivity index (χ0v) is 11.3. The van der Waals surface area contributed by atoms with E-state index in [0.717, 1.165) is 23.9 Å². The Morgan fingerprint density at radius 3 is 2.90 bits per heavy atom. The van der Waals surface area contributed by atoms with Crippen molar-refractivity contribution in [2.75, 3.05) is 5.73 Å². The molecular weight excluding hydrogens is 295 g/mol. The van der Waals surface area contributed by atoms with Gasteiger partial charge in [-0.1, -0.05) is 6.07 Å². The molecule has 3 N–H and O–H groups in total. The summed E-state index contributed by atoms with van der Waals surface area (Å²) in [4.78, 5) is 11.2. The lowest BCUT2D eigenvalue weighted by molar-refractivity contribution is 0.0692. The summed E-state index contributed by atoms with van der Waals surface area (Å²) in [6, 6.07) is 7.62. The molecular formula is C13H9FN4O2S. The normalized spacial score (nSPS) is 10.9. The van der Waals surface area contributed by atoms with Crippen molar-refractivity contribution in [3.63, 3.8) is 0 Å². The summed E-state index contributed by atoms with van der Waals surface area (Å²) in [5.74, 6) is -2.20. The van der Waals surface area contributed by atoms with E-state index < -0.39 is 17.3 Å². The number of rotatable bonds is 3. The van der Waals surface area contributed by atoms with E-state index >= 15 is 0 Å². The maximum atomic E-state index is 13.7. The standard InChI is InChI=1S/C13H9FN4O2S/c14-8-6-10(9(15)5-7(8)12(19)20)21-13-17-16-11-3-1-2-4-18(11)13/h1-6H,15H2,(H,19,20). The Labute approximate surface area is 122 Å². The Morgan fingerprint density at radius 2 is 2.14 bits per heavy atom. The number of nitrogens with zero attached hydrogens (tertiary/aromatic N) is 3. The number of nitrogens with two attached hydrogens (primary N) is 1. The van der Waals surface area contributed by atoms with Crippen LogP contribution >= 0.6 is 11.8 Å². The Kier molecular flexibility index (Phi) is 3.22. The van der Waals surface area contributed by atoms with E-state index in [-0.39, 0.29) is 5.69 Å². The Hall–Kier alpha value is -2.61. The summed E-state index contributed by atoms with van der Waals surface area (Å²) in [6.07, 6.45) is 1.77. The van der Waals surface area contributed by atoms with Crippen LogP contribution in [0.4, 0.5) is 10.1 Å². The van der Waals surface area contributed by atoms with Crippen molar-refractivity contribution < 1.29 is 14.3 Å². The van der Waals surface area contributed by atoms with Gasteiger partial charge in [-0.15, -0.1) is 10.2 Å². The molecule has 1 aromatic carbocycles. The van der Waals surface area contributed by atoms with Crippen LogP contribution in [-0.2, 0) is 0 Å². The van der Waals surface area contributed by atoms with E-state index in [0.29, 0.717) is 15.7 Å². The number of carbonyl (C=O) groups is 1. The molecule has 8 heteroatoms. The monoisotopic (exact) mass is 304 g/mol.